The lowest BCUT2D eigenvalue weighted by Gasteiger charge is -2.10. The first kappa shape index (κ1) is 17.0. The fourth-order valence-electron chi connectivity index (χ4n) is 2.02. The van der Waals surface area contributed by atoms with Crippen LogP contribution in [0.4, 0.5) is 5.69 Å². The summed E-state index contributed by atoms with van der Waals surface area (Å²) in [6.07, 6.45) is 0. The summed E-state index contributed by atoms with van der Waals surface area (Å²) >= 11 is 0. The number of hydrogen-bond donors (Lipinski definition) is 3. The molecule has 2 rings (SSSR count). The van der Waals surface area contributed by atoms with Crippen molar-refractivity contribution < 1.29 is 19.1 Å². The lowest BCUT2D eigenvalue weighted by Crippen LogP contribution is -2.22. The Kier molecular flexibility index (Phi) is 5.51. The van der Waals surface area contributed by atoms with Crippen LogP contribution < -0.4 is 21.1 Å². The van der Waals surface area contributed by atoms with Crippen molar-refractivity contribution in [2.75, 3.05) is 19.0 Å². The monoisotopic (exact) mass is 327 g/mol. The number of amides is 3. The number of primary amides is 1. The maximum absolute atomic E-state index is 12.0. The highest BCUT2D eigenvalue weighted by atomic mass is 16.5. The molecular formula is C17H17N3O4. The van der Waals surface area contributed by atoms with Gasteiger partial charge in [-0.05, 0) is 30.3 Å². The molecule has 7 nitrogen and oxygen atoms in total. The number of nitrogens with one attached hydrogen (secondary N) is 2. The Bertz CT molecular complexity index is 774. The molecule has 24 heavy (non-hydrogen) atoms. The van der Waals surface area contributed by atoms with Crippen LogP contribution in [0.2, 0.25) is 0 Å². The predicted molar refractivity (Wildman–Crippen MR) is 88.9 cm³/mol. The summed E-state index contributed by atoms with van der Waals surface area (Å²) in [5, 5.41) is 5.13. The van der Waals surface area contributed by atoms with Gasteiger partial charge in [-0.25, -0.2) is 0 Å². The van der Waals surface area contributed by atoms with E-state index in [4.69, 9.17) is 10.5 Å². The van der Waals surface area contributed by atoms with Gasteiger partial charge in [-0.2, -0.15) is 0 Å². The minimum absolute atomic E-state index is 0.201. The molecule has 0 unspecified atom stereocenters. The molecule has 0 aliphatic rings. The molecule has 0 aliphatic heterocycles. The minimum atomic E-state index is -0.635. The minimum Gasteiger partial charge on any atom is -0.483 e. The van der Waals surface area contributed by atoms with Crippen LogP contribution in [0.3, 0.4) is 0 Å². The maximum atomic E-state index is 12.0. The van der Waals surface area contributed by atoms with E-state index in [0.29, 0.717) is 11.3 Å². The van der Waals surface area contributed by atoms with Gasteiger partial charge in [0, 0.05) is 18.3 Å². The smallest absolute Gasteiger partial charge is 0.262 e. The van der Waals surface area contributed by atoms with Gasteiger partial charge in [0.15, 0.2) is 6.61 Å². The lowest BCUT2D eigenvalue weighted by molar-refractivity contribution is -0.118. The van der Waals surface area contributed by atoms with Gasteiger partial charge < -0.3 is 21.1 Å². The zero-order valence-electron chi connectivity index (χ0n) is 13.0. The van der Waals surface area contributed by atoms with E-state index >= 15 is 0 Å². The molecule has 4 N–H and O–H groups in total. The molecule has 3 amide bonds. The van der Waals surface area contributed by atoms with E-state index in [1.807, 2.05) is 0 Å². The summed E-state index contributed by atoms with van der Waals surface area (Å²) in [6, 6.07) is 12.9. The molecule has 0 bridgehead atoms. The molecule has 0 aromatic heterocycles. The van der Waals surface area contributed by atoms with Crippen LogP contribution in [-0.4, -0.2) is 31.4 Å². The number of benzene rings is 2. The highest BCUT2D eigenvalue weighted by Gasteiger charge is 2.11. The second-order valence-electron chi connectivity index (χ2n) is 4.86. The van der Waals surface area contributed by atoms with Crippen LogP contribution in [0.1, 0.15) is 20.7 Å². The van der Waals surface area contributed by atoms with Crippen LogP contribution in [0.25, 0.3) is 0 Å². The second-order valence-corrected chi connectivity index (χ2v) is 4.86. The number of rotatable bonds is 6. The molecule has 7 heteroatoms. The van der Waals surface area contributed by atoms with E-state index in [0.717, 1.165) is 0 Å². The first-order chi connectivity index (χ1) is 11.5. The molecule has 2 aromatic carbocycles. The molecule has 0 fully saturated rings. The summed E-state index contributed by atoms with van der Waals surface area (Å²) in [4.78, 5) is 34.8. The molecule has 124 valence electrons. The van der Waals surface area contributed by atoms with Crippen LogP contribution >= 0.6 is 0 Å². The number of nitrogens with two attached hydrogens (primary N) is 1. The average molecular weight is 327 g/mol. The van der Waals surface area contributed by atoms with Crippen molar-refractivity contribution in [2.45, 2.75) is 0 Å². The molecule has 0 saturated heterocycles. The van der Waals surface area contributed by atoms with E-state index < -0.39 is 11.8 Å². The van der Waals surface area contributed by atoms with Crippen molar-refractivity contribution in [1.82, 2.24) is 5.32 Å². The highest BCUT2D eigenvalue weighted by molar-refractivity contribution is 5.98. The molecule has 0 saturated carbocycles. The normalized spacial score (nSPS) is 9.88. The summed E-state index contributed by atoms with van der Waals surface area (Å²) in [6.45, 7) is -0.297. The van der Waals surface area contributed by atoms with Crippen molar-refractivity contribution in [2.24, 2.45) is 5.73 Å². The molecule has 2 aromatic rings. The Hall–Kier alpha value is -3.35. The third kappa shape index (κ3) is 4.33. The van der Waals surface area contributed by atoms with Crippen molar-refractivity contribution in [3.8, 4) is 5.75 Å². The molecule has 0 radical (unpaired) electrons. The SMILES string of the molecule is CNC(=O)c1cccc(NC(=O)COc2ccccc2C(N)=O)c1. The summed E-state index contributed by atoms with van der Waals surface area (Å²) in [7, 11) is 1.53. The van der Waals surface area contributed by atoms with Gasteiger partial charge >= 0.3 is 0 Å². The van der Waals surface area contributed by atoms with Gasteiger partial charge in [0.2, 0.25) is 0 Å². The second kappa shape index (κ2) is 7.77. The first-order valence-electron chi connectivity index (χ1n) is 7.15. The molecule has 0 spiro atoms. The first-order valence-corrected chi connectivity index (χ1v) is 7.15. The topological polar surface area (TPSA) is 111 Å². The molecule has 0 atom stereocenters. The van der Waals surface area contributed by atoms with Gasteiger partial charge in [0.05, 0.1) is 5.56 Å². The van der Waals surface area contributed by atoms with Crippen molar-refractivity contribution >= 4 is 23.4 Å². The lowest BCUT2D eigenvalue weighted by atomic mass is 10.2. The Morgan fingerprint density at radius 1 is 1.08 bits per heavy atom. The van der Waals surface area contributed by atoms with E-state index in [2.05, 4.69) is 10.6 Å². The quantitative estimate of drug-likeness (QED) is 0.739. The summed E-state index contributed by atoms with van der Waals surface area (Å²) < 4.78 is 5.34. The van der Waals surface area contributed by atoms with Gasteiger partial charge in [-0.15, -0.1) is 0 Å². The number of carbonyl (C=O) groups excluding carboxylic acids is 3. The number of anilines is 1. The third-order valence-electron chi connectivity index (χ3n) is 3.15. The summed E-state index contributed by atoms with van der Waals surface area (Å²) in [5.41, 5.74) is 6.34. The number of carbonyl (C=O) groups is 3. The van der Waals surface area contributed by atoms with Crippen molar-refractivity contribution in [3.63, 3.8) is 0 Å². The van der Waals surface area contributed by atoms with Crippen molar-refractivity contribution in [1.29, 1.82) is 0 Å². The highest BCUT2D eigenvalue weighted by Crippen LogP contribution is 2.17. The number of ether oxygens (including phenoxy) is 1. The van der Waals surface area contributed by atoms with Gasteiger partial charge in [-0.1, -0.05) is 18.2 Å². The van der Waals surface area contributed by atoms with E-state index in [9.17, 15) is 14.4 Å². The van der Waals surface area contributed by atoms with Gasteiger partial charge in [0.1, 0.15) is 5.75 Å². The number of hydrogen-bond acceptors (Lipinski definition) is 4. The average Bonchev–Trinajstić information content (AvgIpc) is 2.59. The Labute approximate surface area is 138 Å². The zero-order chi connectivity index (χ0) is 17.5. The van der Waals surface area contributed by atoms with Gasteiger partial charge in [0.25, 0.3) is 17.7 Å². The Balaban J connectivity index is 1.99. The standard InChI is InChI=1S/C17H17N3O4/c1-19-17(23)11-5-4-6-12(9-11)20-15(21)10-24-14-8-3-2-7-13(14)16(18)22/h2-9H,10H2,1H3,(H2,18,22)(H,19,23)(H,20,21). The third-order valence-corrected chi connectivity index (χ3v) is 3.15. The fraction of sp³-hybridized carbons (Fsp3) is 0.118. The van der Waals surface area contributed by atoms with Crippen molar-refractivity contribution in [3.05, 3.63) is 59.7 Å². The number of para-hydroxylation sites is 1. The maximum Gasteiger partial charge on any atom is 0.262 e. The van der Waals surface area contributed by atoms with E-state index in [1.54, 1.807) is 42.5 Å². The molecular weight excluding hydrogens is 310 g/mol. The Morgan fingerprint density at radius 2 is 1.83 bits per heavy atom. The summed E-state index contributed by atoms with van der Waals surface area (Å²) in [5.74, 6) is -1.08. The van der Waals surface area contributed by atoms with Crippen LogP contribution in [-0.2, 0) is 4.79 Å². The Morgan fingerprint density at radius 3 is 2.54 bits per heavy atom. The van der Waals surface area contributed by atoms with E-state index in [1.165, 1.54) is 13.1 Å². The fourth-order valence-corrected chi connectivity index (χ4v) is 2.02. The largest absolute Gasteiger partial charge is 0.483 e. The predicted octanol–water partition coefficient (Wildman–Crippen LogP) is 1.16. The molecule has 0 heterocycles. The van der Waals surface area contributed by atoms with E-state index in [-0.39, 0.29) is 23.8 Å². The van der Waals surface area contributed by atoms with Crippen LogP contribution in [0.15, 0.2) is 48.5 Å². The molecule has 0 aliphatic carbocycles. The van der Waals surface area contributed by atoms with Crippen LogP contribution in [0.5, 0.6) is 5.75 Å². The zero-order valence-corrected chi connectivity index (χ0v) is 13.0. The van der Waals surface area contributed by atoms with Gasteiger partial charge in [-0.3, -0.25) is 14.4 Å². The van der Waals surface area contributed by atoms with Crippen LogP contribution in [0, 0.1) is 0 Å².